The van der Waals surface area contributed by atoms with Gasteiger partial charge in [-0.1, -0.05) is 27.7 Å². The summed E-state index contributed by atoms with van der Waals surface area (Å²) in [4.78, 5) is 26.6. The molecule has 0 saturated heterocycles. The number of nitrogens with zero attached hydrogens (tertiary/aromatic N) is 1. The number of carbonyl (C=O) groups excluding carboxylic acids is 1. The average Bonchev–Trinajstić information content (AvgIpc) is 3.12. The van der Waals surface area contributed by atoms with E-state index in [9.17, 15) is 19.8 Å². The Kier molecular flexibility index (Phi) is 8.00. The molecule has 5 N–H and O–H groups in total. The lowest BCUT2D eigenvalue weighted by Gasteiger charge is -2.64. The van der Waals surface area contributed by atoms with Crippen LogP contribution in [-0.4, -0.2) is 71.1 Å². The fourth-order valence-corrected chi connectivity index (χ4v) is 9.03. The Bertz CT molecular complexity index is 821. The summed E-state index contributed by atoms with van der Waals surface area (Å²) < 4.78 is 5.81. The van der Waals surface area contributed by atoms with Crippen LogP contribution in [0.25, 0.3) is 0 Å². The maximum atomic E-state index is 12.5. The molecule has 0 spiro atoms. The van der Waals surface area contributed by atoms with Gasteiger partial charge in [0.15, 0.2) is 0 Å². The second-order valence-electron chi connectivity index (χ2n) is 12.7. The van der Waals surface area contributed by atoms with Crippen molar-refractivity contribution in [3.8, 4) is 0 Å². The van der Waals surface area contributed by atoms with E-state index < -0.39 is 23.7 Å². The van der Waals surface area contributed by atoms with Crippen LogP contribution in [-0.2, 0) is 9.53 Å². The van der Waals surface area contributed by atoms with E-state index in [4.69, 9.17) is 10.5 Å². The first-order chi connectivity index (χ1) is 17.0. The molecule has 9 atom stereocenters. The van der Waals surface area contributed by atoms with Crippen LogP contribution >= 0.6 is 0 Å². The minimum atomic E-state index is -0.681. The quantitative estimate of drug-likeness (QED) is 0.395. The number of ether oxygens (including phenoxy) is 1. The first-order valence-corrected chi connectivity index (χ1v) is 14.3. The summed E-state index contributed by atoms with van der Waals surface area (Å²) >= 11 is 0. The zero-order chi connectivity index (χ0) is 26.3. The summed E-state index contributed by atoms with van der Waals surface area (Å²) in [5, 5.41) is 22.9. The molecule has 206 valence electrons. The fourth-order valence-electron chi connectivity index (χ4n) is 9.03. The van der Waals surface area contributed by atoms with Crippen molar-refractivity contribution in [3.63, 3.8) is 0 Å². The molecule has 36 heavy (non-hydrogen) atoms. The molecule has 4 fully saturated rings. The SMILES string of the molecule is CCN(CC)CC(O)CNC(=O)O[C@H]1CC[C@@]2(C)[C@H](CC[C@@H]3[C@@H]2CC[C@]2(C)[C@@H](C(=O)O)CC[C@]32N)C1. The molecule has 0 aromatic carbocycles. The second-order valence-corrected chi connectivity index (χ2v) is 12.7. The van der Waals surface area contributed by atoms with Gasteiger partial charge in [0.05, 0.1) is 12.0 Å². The standard InChI is InChI=1S/C28H49N3O5/c1-5-31(6-2)17-19(32)16-30-25(35)36-20-9-12-26(3)18(15-20)7-8-22-21(26)10-13-27(4)23(24(33)34)11-14-28(22,27)29/h18-23,32H,5-17,29H2,1-4H3,(H,30,35)(H,33,34)/t18-,19?,20+,21+,22-,23-,26+,27-,28+/m1/s1. The van der Waals surface area contributed by atoms with E-state index in [2.05, 4.69) is 37.9 Å². The van der Waals surface area contributed by atoms with E-state index in [0.717, 1.165) is 64.5 Å². The lowest BCUT2D eigenvalue weighted by molar-refractivity contribution is -0.157. The number of nitrogens with one attached hydrogen (secondary N) is 1. The Labute approximate surface area is 216 Å². The molecule has 1 unspecified atom stereocenters. The molecule has 0 aromatic heterocycles. The number of carboxylic acids is 1. The molecule has 4 saturated carbocycles. The van der Waals surface area contributed by atoms with Gasteiger partial charge >= 0.3 is 12.1 Å². The van der Waals surface area contributed by atoms with E-state index in [1.54, 1.807) is 0 Å². The van der Waals surface area contributed by atoms with Gasteiger partial charge < -0.3 is 30.9 Å². The van der Waals surface area contributed by atoms with Gasteiger partial charge in [0.1, 0.15) is 6.10 Å². The molecule has 8 nitrogen and oxygen atoms in total. The minimum absolute atomic E-state index is 0.0943. The van der Waals surface area contributed by atoms with Gasteiger partial charge in [-0.05, 0) is 99.5 Å². The number of hydrogen-bond acceptors (Lipinski definition) is 6. The number of hydrogen-bond donors (Lipinski definition) is 4. The van der Waals surface area contributed by atoms with Crippen LogP contribution < -0.4 is 11.1 Å². The maximum Gasteiger partial charge on any atom is 0.407 e. The molecule has 4 rings (SSSR count). The highest BCUT2D eigenvalue weighted by molar-refractivity contribution is 5.72. The third kappa shape index (κ3) is 4.66. The van der Waals surface area contributed by atoms with Crippen LogP contribution in [0.5, 0.6) is 0 Å². The van der Waals surface area contributed by atoms with Gasteiger partial charge in [-0.3, -0.25) is 4.79 Å². The molecule has 0 aliphatic heterocycles. The summed E-state index contributed by atoms with van der Waals surface area (Å²) in [5.74, 6) is 0.354. The largest absolute Gasteiger partial charge is 0.481 e. The third-order valence-corrected chi connectivity index (χ3v) is 11.4. The first-order valence-electron chi connectivity index (χ1n) is 14.3. The van der Waals surface area contributed by atoms with E-state index in [1.807, 2.05) is 0 Å². The fraction of sp³-hybridized carbons (Fsp3) is 0.929. The monoisotopic (exact) mass is 507 g/mol. The zero-order valence-electron chi connectivity index (χ0n) is 22.8. The van der Waals surface area contributed by atoms with Crippen LogP contribution in [0.1, 0.15) is 85.5 Å². The van der Waals surface area contributed by atoms with Gasteiger partial charge in [-0.25, -0.2) is 4.79 Å². The van der Waals surface area contributed by atoms with Crippen molar-refractivity contribution in [1.29, 1.82) is 0 Å². The zero-order valence-corrected chi connectivity index (χ0v) is 22.8. The first kappa shape index (κ1) is 27.6. The molecule has 0 bridgehead atoms. The van der Waals surface area contributed by atoms with Gasteiger partial charge in [-0.2, -0.15) is 0 Å². The number of alkyl carbamates (subject to hydrolysis) is 1. The minimum Gasteiger partial charge on any atom is -0.481 e. The number of aliphatic hydroxyl groups is 1. The molecule has 4 aliphatic carbocycles. The normalized spacial score (nSPS) is 42.7. The van der Waals surface area contributed by atoms with Crippen molar-refractivity contribution in [1.82, 2.24) is 10.2 Å². The number of fused-ring (bicyclic) bond motifs is 5. The number of carboxylic acid groups (broad SMARTS) is 1. The number of aliphatic carboxylic acids is 1. The Hall–Kier alpha value is -1.38. The predicted molar refractivity (Wildman–Crippen MR) is 138 cm³/mol. The average molecular weight is 508 g/mol. The Balaban J connectivity index is 1.34. The van der Waals surface area contributed by atoms with Crippen molar-refractivity contribution in [2.24, 2.45) is 40.2 Å². The number of carbonyl (C=O) groups is 2. The van der Waals surface area contributed by atoms with Gasteiger partial charge in [0.2, 0.25) is 0 Å². The molecule has 0 aromatic rings. The molecule has 4 aliphatic rings. The summed E-state index contributed by atoms with van der Waals surface area (Å²) in [5.41, 5.74) is 6.64. The lowest BCUT2D eigenvalue weighted by atomic mass is 9.42. The number of aliphatic hydroxyl groups excluding tert-OH is 1. The van der Waals surface area contributed by atoms with E-state index in [1.165, 1.54) is 0 Å². The highest BCUT2D eigenvalue weighted by Crippen LogP contribution is 2.68. The van der Waals surface area contributed by atoms with Crippen LogP contribution in [0, 0.1) is 34.5 Å². The summed E-state index contributed by atoms with van der Waals surface area (Å²) in [6, 6.07) is 0. The highest BCUT2D eigenvalue weighted by atomic mass is 16.6. The van der Waals surface area contributed by atoms with Crippen LogP contribution in [0.4, 0.5) is 4.79 Å². The Morgan fingerprint density at radius 3 is 2.44 bits per heavy atom. The summed E-state index contributed by atoms with van der Waals surface area (Å²) in [6.45, 7) is 11.1. The van der Waals surface area contributed by atoms with Crippen molar-refractivity contribution in [2.75, 3.05) is 26.2 Å². The third-order valence-electron chi connectivity index (χ3n) is 11.4. The van der Waals surface area contributed by atoms with Crippen molar-refractivity contribution in [3.05, 3.63) is 0 Å². The van der Waals surface area contributed by atoms with Crippen LogP contribution in [0.2, 0.25) is 0 Å². The maximum absolute atomic E-state index is 12.5. The predicted octanol–water partition coefficient (Wildman–Crippen LogP) is 3.61. The molecule has 0 heterocycles. The van der Waals surface area contributed by atoms with Crippen molar-refractivity contribution in [2.45, 2.75) is 103 Å². The topological polar surface area (TPSA) is 125 Å². The number of nitrogens with two attached hydrogens (primary N) is 1. The molecule has 8 heteroatoms. The Morgan fingerprint density at radius 1 is 1.06 bits per heavy atom. The van der Waals surface area contributed by atoms with Crippen LogP contribution in [0.15, 0.2) is 0 Å². The summed E-state index contributed by atoms with van der Waals surface area (Å²) in [6.07, 6.45) is 7.15. The number of amides is 1. The molecule has 1 amide bonds. The Morgan fingerprint density at radius 2 is 1.78 bits per heavy atom. The number of likely N-dealkylation sites (N-methyl/N-ethyl adjacent to an activating group) is 1. The summed E-state index contributed by atoms with van der Waals surface area (Å²) in [7, 11) is 0. The van der Waals surface area contributed by atoms with Gasteiger partial charge in [0, 0.05) is 18.6 Å². The molecule has 0 radical (unpaired) electrons. The van der Waals surface area contributed by atoms with Crippen molar-refractivity contribution < 1.29 is 24.5 Å². The highest BCUT2D eigenvalue weighted by Gasteiger charge is 2.67. The smallest absolute Gasteiger partial charge is 0.407 e. The molecular weight excluding hydrogens is 458 g/mol. The van der Waals surface area contributed by atoms with E-state index >= 15 is 0 Å². The number of rotatable bonds is 8. The van der Waals surface area contributed by atoms with Crippen molar-refractivity contribution >= 4 is 12.1 Å². The van der Waals surface area contributed by atoms with Gasteiger partial charge in [0.25, 0.3) is 0 Å². The van der Waals surface area contributed by atoms with Gasteiger partial charge in [-0.15, -0.1) is 0 Å². The lowest BCUT2D eigenvalue weighted by Crippen LogP contribution is -2.66. The second kappa shape index (κ2) is 10.4. The molecular formula is C28H49N3O5. The van der Waals surface area contributed by atoms with E-state index in [-0.39, 0.29) is 29.4 Å². The van der Waals surface area contributed by atoms with E-state index in [0.29, 0.717) is 30.7 Å². The van der Waals surface area contributed by atoms with Crippen LogP contribution in [0.3, 0.4) is 0 Å².